The van der Waals surface area contributed by atoms with Crippen LogP contribution >= 0.6 is 15.9 Å². The van der Waals surface area contributed by atoms with E-state index in [0.29, 0.717) is 5.92 Å². The van der Waals surface area contributed by atoms with Crippen LogP contribution < -0.4 is 0 Å². The highest BCUT2D eigenvalue weighted by molar-refractivity contribution is 9.09. The first-order chi connectivity index (χ1) is 4.75. The van der Waals surface area contributed by atoms with Crippen molar-refractivity contribution in [1.29, 1.82) is 0 Å². The van der Waals surface area contributed by atoms with E-state index in [0.717, 1.165) is 23.2 Å². The average Bonchev–Trinajstić information content (AvgIpc) is 2.20. The molecule has 0 amide bonds. The number of halogens is 1. The molecule has 0 aromatic rings. The van der Waals surface area contributed by atoms with Crippen molar-refractivity contribution in [2.45, 2.75) is 20.3 Å². The monoisotopic (exact) mass is 202 g/mol. The largest absolute Gasteiger partial charge is 0.160 e. The molecule has 1 heterocycles. The van der Waals surface area contributed by atoms with Gasteiger partial charge in [0.1, 0.15) is 0 Å². The van der Waals surface area contributed by atoms with Crippen LogP contribution in [0.3, 0.4) is 0 Å². The van der Waals surface area contributed by atoms with Crippen LogP contribution in [0.25, 0.3) is 0 Å². The van der Waals surface area contributed by atoms with Gasteiger partial charge in [0.15, 0.2) is 0 Å². The molecular formula is C7H11BrN2. The lowest BCUT2D eigenvalue weighted by Crippen LogP contribution is -2.15. The van der Waals surface area contributed by atoms with Gasteiger partial charge in [-0.1, -0.05) is 15.9 Å². The summed E-state index contributed by atoms with van der Waals surface area (Å²) in [6.45, 7) is 4.07. The van der Waals surface area contributed by atoms with Crippen LogP contribution in [0.1, 0.15) is 20.3 Å². The van der Waals surface area contributed by atoms with Crippen LogP contribution in [0.15, 0.2) is 10.2 Å². The first kappa shape index (κ1) is 7.92. The van der Waals surface area contributed by atoms with E-state index in [-0.39, 0.29) is 0 Å². The summed E-state index contributed by atoms with van der Waals surface area (Å²) < 4.78 is 0. The van der Waals surface area contributed by atoms with Crippen LogP contribution in [0, 0.1) is 5.92 Å². The maximum atomic E-state index is 4.00. The summed E-state index contributed by atoms with van der Waals surface area (Å²) >= 11 is 3.40. The van der Waals surface area contributed by atoms with E-state index >= 15 is 0 Å². The fourth-order valence-corrected chi connectivity index (χ4v) is 1.58. The molecule has 0 N–H and O–H groups in total. The Kier molecular flexibility index (Phi) is 2.60. The van der Waals surface area contributed by atoms with Crippen LogP contribution in [-0.2, 0) is 0 Å². The predicted octanol–water partition coefficient (Wildman–Crippen LogP) is 2.24. The molecule has 1 aliphatic heterocycles. The summed E-state index contributed by atoms with van der Waals surface area (Å²) in [5, 5.41) is 9.03. The van der Waals surface area contributed by atoms with Crippen molar-refractivity contribution in [3.8, 4) is 0 Å². The van der Waals surface area contributed by atoms with Crippen LogP contribution in [0.5, 0.6) is 0 Å². The highest BCUT2D eigenvalue weighted by Gasteiger charge is 2.19. The zero-order chi connectivity index (χ0) is 7.56. The van der Waals surface area contributed by atoms with E-state index in [9.17, 15) is 0 Å². The molecule has 0 saturated carbocycles. The van der Waals surface area contributed by atoms with E-state index in [1.807, 2.05) is 13.8 Å². The van der Waals surface area contributed by atoms with Gasteiger partial charge in [-0.15, -0.1) is 0 Å². The highest BCUT2D eigenvalue weighted by atomic mass is 79.9. The number of hydrogen-bond donors (Lipinski definition) is 0. The summed E-state index contributed by atoms with van der Waals surface area (Å²) in [6.07, 6.45) is 1.12. The Bertz CT molecular complexity index is 166. The lowest BCUT2D eigenvalue weighted by atomic mass is 9.98. The van der Waals surface area contributed by atoms with Gasteiger partial charge in [0.05, 0.1) is 0 Å². The predicted molar refractivity (Wildman–Crippen MR) is 48.1 cm³/mol. The molecule has 0 unspecified atom stereocenters. The molecule has 0 spiro atoms. The fraction of sp³-hybridized carbons (Fsp3) is 0.714. The van der Waals surface area contributed by atoms with E-state index in [1.165, 1.54) is 0 Å². The topological polar surface area (TPSA) is 24.7 Å². The molecule has 0 radical (unpaired) electrons. The van der Waals surface area contributed by atoms with Gasteiger partial charge in [-0.05, 0) is 20.3 Å². The van der Waals surface area contributed by atoms with Gasteiger partial charge in [0.25, 0.3) is 0 Å². The standard InChI is InChI=1S/C7H11BrN2/c1-5-7(3-4-8)6(2)10-9-5/h7H,3-4H2,1-2H3. The Labute approximate surface area is 69.6 Å². The Morgan fingerprint density at radius 1 is 1.30 bits per heavy atom. The second-order valence-electron chi connectivity index (χ2n) is 2.51. The molecule has 56 valence electrons. The van der Waals surface area contributed by atoms with Crippen molar-refractivity contribution >= 4 is 27.4 Å². The molecule has 10 heavy (non-hydrogen) atoms. The third-order valence-electron chi connectivity index (χ3n) is 1.77. The second kappa shape index (κ2) is 3.28. The summed E-state index contributed by atoms with van der Waals surface area (Å²) in [5.41, 5.74) is 2.30. The molecule has 0 aromatic heterocycles. The van der Waals surface area contributed by atoms with Gasteiger partial charge in [0, 0.05) is 22.7 Å². The summed E-state index contributed by atoms with van der Waals surface area (Å²) in [6, 6.07) is 0. The Morgan fingerprint density at radius 3 is 2.20 bits per heavy atom. The van der Waals surface area contributed by atoms with Crippen molar-refractivity contribution in [3.05, 3.63) is 0 Å². The van der Waals surface area contributed by atoms with E-state index in [4.69, 9.17) is 0 Å². The first-order valence-electron chi connectivity index (χ1n) is 3.40. The second-order valence-corrected chi connectivity index (χ2v) is 3.31. The van der Waals surface area contributed by atoms with E-state index in [2.05, 4.69) is 26.1 Å². The molecule has 0 aliphatic carbocycles. The van der Waals surface area contributed by atoms with E-state index < -0.39 is 0 Å². The van der Waals surface area contributed by atoms with Crippen LogP contribution in [0.2, 0.25) is 0 Å². The minimum absolute atomic E-state index is 0.499. The van der Waals surface area contributed by atoms with Gasteiger partial charge in [-0.2, -0.15) is 10.2 Å². The van der Waals surface area contributed by atoms with Crippen molar-refractivity contribution in [3.63, 3.8) is 0 Å². The van der Waals surface area contributed by atoms with Crippen LogP contribution in [0.4, 0.5) is 0 Å². The normalized spacial score (nSPS) is 19.1. The number of alkyl halides is 1. The van der Waals surface area contributed by atoms with Gasteiger partial charge < -0.3 is 0 Å². The molecule has 0 atom stereocenters. The smallest absolute Gasteiger partial charge is 0.0462 e. The SMILES string of the molecule is CC1=NN=C(C)C1CCBr. The summed E-state index contributed by atoms with van der Waals surface area (Å²) in [4.78, 5) is 0. The maximum absolute atomic E-state index is 4.00. The third kappa shape index (κ3) is 1.45. The van der Waals surface area contributed by atoms with Crippen molar-refractivity contribution in [2.24, 2.45) is 16.1 Å². The molecule has 3 heteroatoms. The lowest BCUT2D eigenvalue weighted by Gasteiger charge is -2.06. The molecule has 0 saturated heterocycles. The number of hydrogen-bond acceptors (Lipinski definition) is 2. The number of nitrogens with zero attached hydrogens (tertiary/aromatic N) is 2. The van der Waals surface area contributed by atoms with Crippen molar-refractivity contribution in [2.75, 3.05) is 5.33 Å². The van der Waals surface area contributed by atoms with Gasteiger partial charge in [-0.25, -0.2) is 0 Å². The minimum atomic E-state index is 0.499. The van der Waals surface area contributed by atoms with E-state index in [1.54, 1.807) is 0 Å². The first-order valence-corrected chi connectivity index (χ1v) is 4.52. The average molecular weight is 203 g/mol. The maximum Gasteiger partial charge on any atom is 0.0462 e. The Hall–Kier alpha value is -0.180. The zero-order valence-electron chi connectivity index (χ0n) is 6.26. The van der Waals surface area contributed by atoms with Gasteiger partial charge in [0.2, 0.25) is 0 Å². The summed E-state index contributed by atoms with van der Waals surface area (Å²) in [5.74, 6) is 0.499. The third-order valence-corrected chi connectivity index (χ3v) is 2.23. The minimum Gasteiger partial charge on any atom is -0.160 e. The molecule has 2 nitrogen and oxygen atoms in total. The quantitative estimate of drug-likeness (QED) is 0.615. The zero-order valence-corrected chi connectivity index (χ0v) is 7.85. The Morgan fingerprint density at radius 2 is 1.80 bits per heavy atom. The number of rotatable bonds is 2. The van der Waals surface area contributed by atoms with Crippen LogP contribution in [-0.4, -0.2) is 16.8 Å². The molecule has 0 bridgehead atoms. The fourth-order valence-electron chi connectivity index (χ4n) is 1.13. The molecular weight excluding hydrogens is 192 g/mol. The van der Waals surface area contributed by atoms with Crippen molar-refractivity contribution < 1.29 is 0 Å². The van der Waals surface area contributed by atoms with Gasteiger partial charge in [-0.3, -0.25) is 0 Å². The van der Waals surface area contributed by atoms with Gasteiger partial charge >= 0.3 is 0 Å². The highest BCUT2D eigenvalue weighted by Crippen LogP contribution is 2.15. The molecule has 1 aliphatic rings. The molecule has 1 rings (SSSR count). The lowest BCUT2D eigenvalue weighted by molar-refractivity contribution is 0.880. The molecule has 0 aromatic carbocycles. The Balaban J connectivity index is 2.57. The summed E-state index contributed by atoms with van der Waals surface area (Å²) in [7, 11) is 0. The molecule has 0 fully saturated rings. The van der Waals surface area contributed by atoms with Crippen molar-refractivity contribution in [1.82, 2.24) is 0 Å².